The van der Waals surface area contributed by atoms with Gasteiger partial charge >= 0.3 is 5.97 Å². The van der Waals surface area contributed by atoms with E-state index in [1.165, 1.54) is 7.11 Å². The number of esters is 1. The number of amides is 1. The molecule has 0 saturated carbocycles. The van der Waals surface area contributed by atoms with E-state index in [0.29, 0.717) is 11.3 Å². The molecule has 0 aliphatic heterocycles. The molecular formula is C13H16NO4. The lowest BCUT2D eigenvalue weighted by atomic mass is 10.1. The molecule has 0 bridgehead atoms. The smallest absolute Gasteiger partial charge is 0.307 e. The lowest BCUT2D eigenvalue weighted by Gasteiger charge is -2.12. The number of hydrogen-bond donors (Lipinski definition) is 1. The number of benzene rings is 1. The highest BCUT2D eigenvalue weighted by molar-refractivity contribution is 5.94. The van der Waals surface area contributed by atoms with Crippen molar-refractivity contribution >= 4 is 11.9 Å². The van der Waals surface area contributed by atoms with Gasteiger partial charge in [-0.15, -0.1) is 0 Å². The van der Waals surface area contributed by atoms with Crippen molar-refractivity contribution < 1.29 is 19.1 Å². The van der Waals surface area contributed by atoms with Gasteiger partial charge in [-0.05, 0) is 31.2 Å². The van der Waals surface area contributed by atoms with Crippen molar-refractivity contribution in [2.75, 3.05) is 14.2 Å². The number of nitrogens with one attached hydrogen (secondary N) is 1. The molecule has 0 aliphatic rings. The van der Waals surface area contributed by atoms with Crippen LogP contribution in [0.3, 0.4) is 0 Å². The Balaban J connectivity index is 2.56. The molecule has 5 nitrogen and oxygen atoms in total. The monoisotopic (exact) mass is 250 g/mol. The molecule has 1 rings (SSSR count). The lowest BCUT2D eigenvalue weighted by Crippen LogP contribution is -2.34. The van der Waals surface area contributed by atoms with Crippen LogP contribution in [-0.2, 0) is 9.53 Å². The number of rotatable bonds is 5. The third-order valence-corrected chi connectivity index (χ3v) is 2.33. The van der Waals surface area contributed by atoms with E-state index in [2.05, 4.69) is 17.0 Å². The van der Waals surface area contributed by atoms with Crippen molar-refractivity contribution in [1.82, 2.24) is 5.32 Å². The highest BCUT2D eigenvalue weighted by Crippen LogP contribution is 2.11. The summed E-state index contributed by atoms with van der Waals surface area (Å²) < 4.78 is 9.48. The highest BCUT2D eigenvalue weighted by Gasteiger charge is 2.13. The summed E-state index contributed by atoms with van der Waals surface area (Å²) in [6.07, 6.45) is 0.0401. The van der Waals surface area contributed by atoms with Gasteiger partial charge in [-0.25, -0.2) is 0 Å². The van der Waals surface area contributed by atoms with Crippen LogP contribution in [-0.4, -0.2) is 32.1 Å². The Morgan fingerprint density at radius 3 is 2.39 bits per heavy atom. The minimum Gasteiger partial charge on any atom is -0.497 e. The molecule has 0 unspecified atom stereocenters. The van der Waals surface area contributed by atoms with E-state index in [9.17, 15) is 9.59 Å². The zero-order chi connectivity index (χ0) is 13.5. The average Bonchev–Trinajstić information content (AvgIpc) is 2.38. The average molecular weight is 250 g/mol. The Kier molecular flexibility index (Phi) is 5.17. The van der Waals surface area contributed by atoms with Gasteiger partial charge in [0.15, 0.2) is 0 Å². The fourth-order valence-electron chi connectivity index (χ4n) is 1.35. The second-order valence-electron chi connectivity index (χ2n) is 3.68. The predicted octanol–water partition coefficient (Wildman–Crippen LogP) is 1.19. The summed E-state index contributed by atoms with van der Waals surface area (Å²) in [6.45, 7) is 3.67. The Morgan fingerprint density at radius 2 is 1.89 bits per heavy atom. The fraction of sp³-hybridized carbons (Fsp3) is 0.308. The van der Waals surface area contributed by atoms with E-state index in [1.807, 2.05) is 0 Å². The summed E-state index contributed by atoms with van der Waals surface area (Å²) in [7, 11) is 2.85. The van der Waals surface area contributed by atoms with Gasteiger partial charge in [-0.2, -0.15) is 0 Å². The second-order valence-corrected chi connectivity index (χ2v) is 3.68. The largest absolute Gasteiger partial charge is 0.497 e. The van der Waals surface area contributed by atoms with Crippen molar-refractivity contribution in [1.29, 1.82) is 0 Å². The van der Waals surface area contributed by atoms with Crippen LogP contribution in [0.1, 0.15) is 16.8 Å². The lowest BCUT2D eigenvalue weighted by molar-refractivity contribution is -0.140. The maximum absolute atomic E-state index is 11.8. The van der Waals surface area contributed by atoms with Crippen LogP contribution in [0.15, 0.2) is 24.3 Å². The van der Waals surface area contributed by atoms with E-state index in [0.717, 1.165) is 0 Å². The minimum atomic E-state index is -0.521. The second kappa shape index (κ2) is 6.64. The first kappa shape index (κ1) is 14.0. The van der Waals surface area contributed by atoms with E-state index in [4.69, 9.17) is 4.74 Å². The Bertz CT molecular complexity index is 414. The molecule has 5 heteroatoms. The van der Waals surface area contributed by atoms with Crippen LogP contribution < -0.4 is 10.1 Å². The van der Waals surface area contributed by atoms with E-state index >= 15 is 0 Å². The van der Waals surface area contributed by atoms with Crippen LogP contribution in [0.25, 0.3) is 0 Å². The van der Waals surface area contributed by atoms with Crippen LogP contribution >= 0.6 is 0 Å². The Hall–Kier alpha value is -2.04. The molecule has 1 aromatic carbocycles. The van der Waals surface area contributed by atoms with E-state index in [-0.39, 0.29) is 12.3 Å². The summed E-state index contributed by atoms with van der Waals surface area (Å²) >= 11 is 0. The van der Waals surface area contributed by atoms with Crippen molar-refractivity contribution in [2.45, 2.75) is 12.5 Å². The maximum Gasteiger partial charge on any atom is 0.307 e. The number of carbonyl (C=O) groups excluding carboxylic acids is 2. The Labute approximate surface area is 106 Å². The number of methoxy groups -OCH3 is 2. The predicted molar refractivity (Wildman–Crippen MR) is 66.2 cm³/mol. The molecule has 0 spiro atoms. The standard InChI is InChI=1S/C13H16NO4/c1-9(8-12(15)18-3)14-13(16)10-4-6-11(17-2)7-5-10/h4-7,9H,1,8H2,2-3H3,(H,14,16)/t9-/m1/s1. The summed E-state index contributed by atoms with van der Waals surface area (Å²) in [5, 5.41) is 2.61. The fourth-order valence-corrected chi connectivity index (χ4v) is 1.35. The minimum absolute atomic E-state index is 0.0401. The molecule has 0 fully saturated rings. The van der Waals surface area contributed by atoms with Crippen molar-refractivity contribution in [3.05, 3.63) is 36.8 Å². The van der Waals surface area contributed by atoms with Crippen molar-refractivity contribution in [2.24, 2.45) is 0 Å². The van der Waals surface area contributed by atoms with Gasteiger partial charge in [0.25, 0.3) is 5.91 Å². The number of carbonyl (C=O) groups is 2. The summed E-state index contributed by atoms with van der Waals surface area (Å²) in [6, 6.07) is 6.13. The molecule has 97 valence electrons. The first-order valence-electron chi connectivity index (χ1n) is 5.41. The first-order valence-corrected chi connectivity index (χ1v) is 5.41. The van der Waals surface area contributed by atoms with Crippen LogP contribution in [0.4, 0.5) is 0 Å². The zero-order valence-corrected chi connectivity index (χ0v) is 10.4. The van der Waals surface area contributed by atoms with Gasteiger partial charge < -0.3 is 14.8 Å². The molecule has 1 radical (unpaired) electrons. The highest BCUT2D eigenvalue weighted by atomic mass is 16.5. The number of ether oxygens (including phenoxy) is 2. The molecule has 18 heavy (non-hydrogen) atoms. The summed E-state index contributed by atoms with van der Waals surface area (Å²) in [4.78, 5) is 22.8. The summed E-state index contributed by atoms with van der Waals surface area (Å²) in [5.41, 5.74) is 0.481. The molecule has 0 aliphatic carbocycles. The molecule has 1 aromatic rings. The molecule has 0 heterocycles. The van der Waals surface area contributed by atoms with E-state index < -0.39 is 12.0 Å². The summed E-state index contributed by atoms with van der Waals surface area (Å²) in [5.74, 6) is -0.0288. The van der Waals surface area contributed by atoms with Crippen LogP contribution in [0.5, 0.6) is 5.75 Å². The van der Waals surface area contributed by atoms with Gasteiger partial charge in [0.2, 0.25) is 0 Å². The van der Waals surface area contributed by atoms with E-state index in [1.54, 1.807) is 31.4 Å². The molecule has 1 atom stereocenters. The molecule has 1 amide bonds. The third-order valence-electron chi connectivity index (χ3n) is 2.33. The molecular weight excluding hydrogens is 234 g/mol. The SMILES string of the molecule is [CH2][C@H](CC(=O)OC)NC(=O)c1ccc(OC)cc1. The normalized spacial score (nSPS) is 11.5. The topological polar surface area (TPSA) is 64.6 Å². The molecule has 0 saturated heterocycles. The first-order chi connectivity index (χ1) is 8.56. The van der Waals surface area contributed by atoms with Crippen LogP contribution in [0, 0.1) is 6.92 Å². The maximum atomic E-state index is 11.8. The quantitative estimate of drug-likeness (QED) is 0.797. The van der Waals surface area contributed by atoms with Gasteiger partial charge in [-0.3, -0.25) is 9.59 Å². The van der Waals surface area contributed by atoms with Crippen molar-refractivity contribution in [3.8, 4) is 5.75 Å². The van der Waals surface area contributed by atoms with Gasteiger partial charge in [-0.1, -0.05) is 0 Å². The Morgan fingerprint density at radius 1 is 1.28 bits per heavy atom. The third kappa shape index (κ3) is 4.08. The van der Waals surface area contributed by atoms with Gasteiger partial charge in [0.05, 0.1) is 20.6 Å². The van der Waals surface area contributed by atoms with Gasteiger partial charge in [0, 0.05) is 11.6 Å². The number of hydrogen-bond acceptors (Lipinski definition) is 4. The zero-order valence-electron chi connectivity index (χ0n) is 10.4. The van der Waals surface area contributed by atoms with Gasteiger partial charge in [0.1, 0.15) is 5.75 Å². The van der Waals surface area contributed by atoms with Crippen LogP contribution in [0.2, 0.25) is 0 Å². The van der Waals surface area contributed by atoms with Crippen molar-refractivity contribution in [3.63, 3.8) is 0 Å². The molecule has 0 aromatic heterocycles. The molecule has 1 N–H and O–H groups in total.